The van der Waals surface area contributed by atoms with Gasteiger partial charge in [0.15, 0.2) is 65.3 Å². The van der Waals surface area contributed by atoms with E-state index in [1.807, 2.05) is 19.1 Å². The van der Waals surface area contributed by atoms with E-state index in [0.717, 1.165) is 0 Å². The van der Waals surface area contributed by atoms with Crippen LogP contribution in [0.25, 0.3) is 44.7 Å². The van der Waals surface area contributed by atoms with E-state index in [9.17, 15) is 29.7 Å². The maximum absolute atomic E-state index is 17.2. The van der Waals surface area contributed by atoms with Crippen LogP contribution in [0.4, 0.5) is 28.9 Å². The van der Waals surface area contributed by atoms with E-state index in [1.54, 1.807) is 19.1 Å². The van der Waals surface area contributed by atoms with Crippen molar-refractivity contribution in [2.45, 2.75) is 143 Å². The minimum absolute atomic E-state index is 0.0594. The largest absolute Gasteiger partial charge is 0.472 e. The van der Waals surface area contributed by atoms with Crippen LogP contribution in [0.5, 0.6) is 5.88 Å². The Kier molecular flexibility index (Phi) is 22.9. The van der Waals surface area contributed by atoms with E-state index in [4.69, 9.17) is 66.9 Å². The molecule has 50 heteroatoms. The van der Waals surface area contributed by atoms with Crippen molar-refractivity contribution >= 4 is 130 Å². The first-order valence-corrected chi connectivity index (χ1v) is 46.3. The Morgan fingerprint density at radius 3 is 1.64 bits per heavy atom. The smallest absolute Gasteiger partial charge is 0.390 e. The molecule has 1 aliphatic carbocycles. The number of hydrogen-bond acceptors (Lipinski definition) is 34. The lowest BCUT2D eigenvalue weighted by atomic mass is 10.1. The summed E-state index contributed by atoms with van der Waals surface area (Å²) < 4.78 is 187. The summed E-state index contributed by atoms with van der Waals surface area (Å²) in [6.45, 7) is -16.7. The van der Waals surface area contributed by atoms with Crippen LogP contribution in [0.3, 0.4) is 0 Å². The molecule has 6 fully saturated rings. The van der Waals surface area contributed by atoms with Crippen LogP contribution in [-0.2, 0) is 100 Å². The lowest BCUT2D eigenvalue weighted by molar-refractivity contribution is -0.385. The minimum Gasteiger partial charge on any atom is -0.472 e. The summed E-state index contributed by atoms with van der Waals surface area (Å²) in [5, 5.41) is 23.9. The SMILES string of the molecule is CCc1ncnc2c1ncn2[C@@H]1O[C@@H]2COP(=O)(SCc3ccccc3[N+](=O)[O-])O[C@H]3[C@@H](F)[C@H](n4cnc5c(C)ncnc54)O[C@@H]3COP(=O)(SCc3ccccc3[N+](=O)[O-])O[C@H]2[C@H]1F.O=P1(S)OC[C@H]2C[C@@H]3[C@H](F)[C@@H]2OP(O)(=S)OC[C@H]2O[C@H]([C@H](F)[C@@H]2O1)n1cnc2c(ncnc21)CC/C=C/COc1ncnc2c1ncn23. The second kappa shape index (κ2) is 32.6. The molecule has 20 atom stereocenters. The van der Waals surface area contributed by atoms with Gasteiger partial charge in [0.2, 0.25) is 5.88 Å². The van der Waals surface area contributed by atoms with Crippen molar-refractivity contribution in [2.24, 2.45) is 5.92 Å². The molecule has 15 heterocycles. The van der Waals surface area contributed by atoms with Gasteiger partial charge >= 0.3 is 27.1 Å². The summed E-state index contributed by atoms with van der Waals surface area (Å²) in [5.41, 5.74) is 3.74. The zero-order valence-corrected chi connectivity index (χ0v) is 65.6. The summed E-state index contributed by atoms with van der Waals surface area (Å²) >= 11 is 10.4. The van der Waals surface area contributed by atoms with Crippen LogP contribution >= 0.6 is 62.1 Å². The van der Waals surface area contributed by atoms with Crippen LogP contribution in [0.1, 0.15) is 72.7 Å². The normalized spacial score (nSPS) is 33.2. The van der Waals surface area contributed by atoms with Crippen LogP contribution in [0, 0.1) is 33.1 Å². The third kappa shape index (κ3) is 16.1. The minimum atomic E-state index is -4.71. The number of alkyl halides is 4. The number of halogens is 4. The molecule has 38 nitrogen and oxygen atoms in total. The molecule has 1 N–H and O–H groups in total. The monoisotopic (exact) mass is 1720 g/mol. The van der Waals surface area contributed by atoms with Gasteiger partial charge in [-0.15, -0.1) is 0 Å². The number of hydrogen-bond donors (Lipinski definition) is 2. The van der Waals surface area contributed by atoms with E-state index >= 15 is 26.7 Å². The molecule has 18 rings (SSSR count). The average molecular weight is 1720 g/mol. The van der Waals surface area contributed by atoms with Gasteiger partial charge in [-0.25, -0.2) is 86.1 Å². The molecule has 10 aromatic rings. The number of thiol groups is 1. The zero-order chi connectivity index (χ0) is 78.8. The highest BCUT2D eigenvalue weighted by Gasteiger charge is 2.58. The average Bonchev–Trinajstić information content (AvgIpc) is 1.62. The molecule has 0 spiro atoms. The Hall–Kier alpha value is -7.39. The lowest BCUT2D eigenvalue weighted by Crippen LogP contribution is -2.37. The predicted octanol–water partition coefficient (Wildman–Crippen LogP) is 11.5. The quantitative estimate of drug-likeness (QED) is 0.0303. The number of nitro groups is 2. The molecule has 8 aromatic heterocycles. The van der Waals surface area contributed by atoms with Crippen molar-refractivity contribution in [2.75, 3.05) is 33.0 Å². The van der Waals surface area contributed by atoms with Gasteiger partial charge in [0.05, 0.1) is 84.7 Å². The Labute approximate surface area is 653 Å². The molecule has 0 amide bonds. The summed E-state index contributed by atoms with van der Waals surface area (Å²) in [7, 11) is 0. The molecule has 4 unspecified atom stereocenters. The highest BCUT2D eigenvalue weighted by molar-refractivity contribution is 8.55. The molecule has 14 bridgehead atoms. The summed E-state index contributed by atoms with van der Waals surface area (Å²) in [6.07, 6.45) is -7.68. The molecule has 5 saturated heterocycles. The number of ether oxygens (including phenoxy) is 4. The molecule has 1 saturated carbocycles. The van der Waals surface area contributed by atoms with Crippen LogP contribution in [0.15, 0.2) is 111 Å². The first-order chi connectivity index (χ1) is 54.3. The summed E-state index contributed by atoms with van der Waals surface area (Å²) in [5.74, 6) is -1.28. The maximum atomic E-state index is 17.2. The van der Waals surface area contributed by atoms with E-state index in [0.29, 0.717) is 86.8 Å². The van der Waals surface area contributed by atoms with Crippen molar-refractivity contribution in [3.05, 3.63) is 160 Å². The molecule has 0 radical (unpaired) electrons. The fourth-order valence-corrected chi connectivity index (χ4v) is 23.9. The van der Waals surface area contributed by atoms with Gasteiger partial charge in [-0.3, -0.25) is 56.5 Å². The third-order valence-corrected chi connectivity index (χ3v) is 30.0. The van der Waals surface area contributed by atoms with Crippen molar-refractivity contribution in [1.29, 1.82) is 0 Å². The standard InChI is InChI=1S/C37H36F2N10O12P2S2.C26H28F2N8O8P2S2/c1-3-23-31-35(43-17-41-23)47(19-45-31)37-29(39)33-27(59-37)13-57-62(54,64-14-21-8-4-6-10-24(21)48(50)51)60-32-26(58-36(28(32)38)46-18-44-30-20(2)40-16-42-34(30)46)12-56-63(55,61-33)65-15-22-9-5-7-11-25(22)49(52)53;27-17-15-6-13-7-40-45(37,47)44-22-16(8-41-46(38,48)43-21(13)17)42-26(18(22)28)36-12-33-19-14(29-9-30-23(19)36)4-2-1-3-5-39-25-20-24(31-10-32-25)35(15)11-34-20/h4-11,16-19,26-29,32-33,36-37H,3,12-15H2,1-2H3;1,3,9-13,15-18,21-22,26H,2,4-8H2,(H,37,47)(H,38,48)/b;3-1+/t26-,27-,28-,29-,32-,33-,36-,37-,62?,63?;13-,15-,16-,17+,18-,21-,22-,26-,45?,46?/m11/s1. The number of imidazole rings is 4. The van der Waals surface area contributed by atoms with Crippen molar-refractivity contribution in [3.63, 3.8) is 0 Å². The molecule has 7 aliphatic heterocycles. The van der Waals surface area contributed by atoms with Gasteiger partial charge in [0.1, 0.15) is 97.4 Å². The molecule has 8 aliphatic rings. The molecular weight excluding hydrogens is 1660 g/mol. The third-order valence-electron chi connectivity index (χ3n) is 19.6. The van der Waals surface area contributed by atoms with Gasteiger partial charge in [0, 0.05) is 40.7 Å². The van der Waals surface area contributed by atoms with Gasteiger partial charge in [-0.05, 0) is 67.2 Å². The van der Waals surface area contributed by atoms with Crippen LogP contribution in [0.2, 0.25) is 0 Å². The maximum Gasteiger partial charge on any atom is 0.390 e. The number of para-hydroxylation sites is 2. The van der Waals surface area contributed by atoms with Crippen molar-refractivity contribution in [1.82, 2.24) is 78.1 Å². The van der Waals surface area contributed by atoms with E-state index in [2.05, 4.69) is 72.1 Å². The molecule has 2 aromatic carbocycles. The molecular formula is C63H64F4N18O20P4S4. The van der Waals surface area contributed by atoms with Gasteiger partial charge in [-0.1, -0.05) is 67.7 Å². The van der Waals surface area contributed by atoms with Crippen molar-refractivity contribution < 1.29 is 101 Å². The highest BCUT2D eigenvalue weighted by atomic mass is 32.7. The fourth-order valence-electron chi connectivity index (χ4n) is 14.1. The Bertz CT molecular complexity index is 5380. The first kappa shape index (κ1) is 79.4. The Morgan fingerprint density at radius 2 is 1.05 bits per heavy atom. The number of fused-ring (bicyclic) bond motifs is 14. The number of benzene rings is 2. The van der Waals surface area contributed by atoms with Crippen LogP contribution < -0.4 is 4.74 Å². The number of nitro benzene ring substituents is 2. The lowest BCUT2D eigenvalue weighted by Gasteiger charge is -2.30. The summed E-state index contributed by atoms with van der Waals surface area (Å²) in [6, 6.07) is 10.5. The van der Waals surface area contributed by atoms with E-state index in [1.165, 1.54) is 105 Å². The van der Waals surface area contributed by atoms with Crippen molar-refractivity contribution in [3.8, 4) is 5.88 Å². The fraction of sp³-hybridized carbons (Fsp3) is 0.460. The Balaban J connectivity index is 0.000000178. The van der Waals surface area contributed by atoms with E-state index < -0.39 is 161 Å². The second-order valence-electron chi connectivity index (χ2n) is 26.4. The topological polar surface area (TPSA) is 443 Å². The van der Waals surface area contributed by atoms with Crippen LogP contribution in [-0.4, -0.2) is 193 Å². The van der Waals surface area contributed by atoms with Gasteiger partial charge in [0.25, 0.3) is 11.4 Å². The number of aryl methyl sites for hydroxylation is 3. The first-order valence-electron chi connectivity index (χ1n) is 34.7. The highest BCUT2D eigenvalue weighted by Crippen LogP contribution is 2.68. The number of nitrogens with zero attached hydrogens (tertiary/aromatic N) is 18. The predicted molar refractivity (Wildman–Crippen MR) is 397 cm³/mol. The zero-order valence-electron chi connectivity index (χ0n) is 58.6. The number of rotatable bonds is 11. The summed E-state index contributed by atoms with van der Waals surface area (Å²) in [4.78, 5) is 85.3. The van der Waals surface area contributed by atoms with Gasteiger partial charge < -0.3 is 42.0 Å². The number of aromatic nitrogens is 16. The van der Waals surface area contributed by atoms with Gasteiger partial charge in [-0.2, -0.15) is 4.98 Å². The molecule has 598 valence electrons. The second-order valence-corrected chi connectivity index (χ2v) is 40.1. The molecule has 113 heavy (non-hydrogen) atoms. The number of allylic oxidation sites excluding steroid dienone is 1. The van der Waals surface area contributed by atoms with E-state index in [-0.39, 0.29) is 69.9 Å². The Morgan fingerprint density at radius 1 is 0.566 bits per heavy atom.